The first-order chi connectivity index (χ1) is 17.9. The average Bonchev–Trinajstić information content (AvgIpc) is 2.81. The molecule has 11 nitrogen and oxygen atoms in total. The summed E-state index contributed by atoms with van der Waals surface area (Å²) in [5.74, 6) is -8.42. The van der Waals surface area contributed by atoms with Gasteiger partial charge >= 0.3 is 23.9 Å². The van der Waals surface area contributed by atoms with Crippen LogP contribution in [0.2, 0.25) is 0 Å². The Bertz CT molecular complexity index is 796. The maximum absolute atomic E-state index is 12.3. The van der Waals surface area contributed by atoms with E-state index in [1.807, 2.05) is 0 Å². The molecular weight excluding hydrogens is 520 g/mol. The molecule has 0 aromatic rings. The molecule has 0 aliphatic heterocycles. The molecule has 0 amide bonds. The summed E-state index contributed by atoms with van der Waals surface area (Å²) in [6, 6.07) is 0. The summed E-state index contributed by atoms with van der Waals surface area (Å²) < 4.78 is 37.1. The average molecular weight is 567 g/mol. The maximum Gasteiger partial charge on any atom is 0.327 e. The predicted molar refractivity (Wildman–Crippen MR) is 140 cm³/mol. The van der Waals surface area contributed by atoms with Gasteiger partial charge in [0.1, 0.15) is 6.10 Å². The van der Waals surface area contributed by atoms with Crippen molar-refractivity contribution in [1.29, 1.82) is 0 Å². The third-order valence-electron chi connectivity index (χ3n) is 6.49. The van der Waals surface area contributed by atoms with E-state index in [1.54, 1.807) is 0 Å². The smallest absolute Gasteiger partial charge is 0.327 e. The first kappa shape index (κ1) is 35.8. The van der Waals surface area contributed by atoms with Crippen LogP contribution in [-0.2, 0) is 34.0 Å². The molecule has 12 heteroatoms. The highest BCUT2D eigenvalue weighted by Crippen LogP contribution is 2.21. The van der Waals surface area contributed by atoms with E-state index in [4.69, 9.17) is 20.1 Å². The van der Waals surface area contributed by atoms with Crippen LogP contribution in [0.4, 0.5) is 0 Å². The van der Waals surface area contributed by atoms with Gasteiger partial charge in [-0.3, -0.25) is 23.7 Å². The van der Waals surface area contributed by atoms with Crippen LogP contribution in [0, 0.1) is 5.92 Å². The molecule has 2 atom stereocenters. The van der Waals surface area contributed by atoms with Crippen LogP contribution in [-0.4, -0.2) is 63.5 Å². The Hall–Kier alpha value is -2.21. The molecule has 0 saturated heterocycles. The van der Waals surface area contributed by atoms with E-state index < -0.39 is 64.1 Å². The van der Waals surface area contributed by atoms with Crippen LogP contribution in [0.5, 0.6) is 0 Å². The number of ether oxygens (including phenoxy) is 1. The molecule has 2 unspecified atom stereocenters. The van der Waals surface area contributed by atoms with Crippen LogP contribution in [0.25, 0.3) is 0 Å². The van der Waals surface area contributed by atoms with Crippen LogP contribution >= 0.6 is 0 Å². The molecule has 0 aliphatic rings. The third kappa shape index (κ3) is 18.1. The van der Waals surface area contributed by atoms with Crippen molar-refractivity contribution < 1.29 is 52.2 Å². The number of carboxylic acid groups (broad SMARTS) is 3. The summed E-state index contributed by atoms with van der Waals surface area (Å²) in [7, 11) is -5.10. The van der Waals surface area contributed by atoms with Crippen LogP contribution in [0.15, 0.2) is 0 Å². The Kier molecular flexibility index (Phi) is 19.5. The van der Waals surface area contributed by atoms with Gasteiger partial charge in [-0.15, -0.1) is 0 Å². The van der Waals surface area contributed by atoms with Gasteiger partial charge in [0.05, 0.1) is 6.42 Å². The molecule has 0 fully saturated rings. The first-order valence-electron chi connectivity index (χ1n) is 13.7. The van der Waals surface area contributed by atoms with E-state index in [1.165, 1.54) is 57.8 Å². The zero-order chi connectivity index (χ0) is 29.0. The van der Waals surface area contributed by atoms with Gasteiger partial charge in [0.25, 0.3) is 10.1 Å². The lowest BCUT2D eigenvalue weighted by atomic mass is 9.97. The normalized spacial score (nSPS) is 13.2. The lowest BCUT2D eigenvalue weighted by molar-refractivity contribution is -0.161. The zero-order valence-corrected chi connectivity index (χ0v) is 23.3. The molecule has 0 aromatic carbocycles. The summed E-state index contributed by atoms with van der Waals surface area (Å²) in [6.45, 7) is 2.21. The maximum atomic E-state index is 12.3. The number of hydrogen-bond acceptors (Lipinski definition) is 7. The highest BCUT2D eigenvalue weighted by atomic mass is 32.2. The number of carboxylic acids is 3. The van der Waals surface area contributed by atoms with Gasteiger partial charge in [0.15, 0.2) is 11.2 Å². The van der Waals surface area contributed by atoms with Crippen molar-refractivity contribution in [1.82, 2.24) is 0 Å². The quantitative estimate of drug-likeness (QED) is 0.0499. The molecule has 0 aromatic heterocycles. The first-order valence-corrected chi connectivity index (χ1v) is 15.2. The SMILES string of the molecule is CCCCCCCCCCCCCCCCCC(CC(C(=O)O)C(=O)O)OC(=O)C(CC(=O)O)S(=O)(=O)O. The Balaban J connectivity index is 4.53. The number of carbonyl (C=O) groups is 4. The summed E-state index contributed by atoms with van der Waals surface area (Å²) >= 11 is 0. The Labute approximate surface area is 226 Å². The highest BCUT2D eigenvalue weighted by molar-refractivity contribution is 7.87. The third-order valence-corrected chi connectivity index (χ3v) is 7.57. The summed E-state index contributed by atoms with van der Waals surface area (Å²) in [4.78, 5) is 45.7. The van der Waals surface area contributed by atoms with E-state index in [0.29, 0.717) is 12.8 Å². The van der Waals surface area contributed by atoms with Crippen molar-refractivity contribution >= 4 is 34.0 Å². The van der Waals surface area contributed by atoms with Crippen molar-refractivity contribution in [3.05, 3.63) is 0 Å². The lowest BCUT2D eigenvalue weighted by Gasteiger charge is -2.22. The molecule has 38 heavy (non-hydrogen) atoms. The van der Waals surface area contributed by atoms with Gasteiger partial charge in [-0.25, -0.2) is 0 Å². The van der Waals surface area contributed by atoms with E-state index in [-0.39, 0.29) is 6.42 Å². The highest BCUT2D eigenvalue weighted by Gasteiger charge is 2.38. The number of carbonyl (C=O) groups excluding carboxylic acids is 1. The van der Waals surface area contributed by atoms with Crippen molar-refractivity contribution in [2.75, 3.05) is 0 Å². The lowest BCUT2D eigenvalue weighted by Crippen LogP contribution is -2.38. The second-order valence-corrected chi connectivity index (χ2v) is 11.5. The van der Waals surface area contributed by atoms with Gasteiger partial charge in [0.2, 0.25) is 0 Å². The number of unbranched alkanes of at least 4 members (excludes halogenated alkanes) is 14. The van der Waals surface area contributed by atoms with Crippen LogP contribution in [0.3, 0.4) is 0 Å². The minimum Gasteiger partial charge on any atom is -0.481 e. The number of rotatable bonds is 25. The summed E-state index contributed by atoms with van der Waals surface area (Å²) in [5, 5.41) is 24.7. The van der Waals surface area contributed by atoms with Gasteiger partial charge in [0, 0.05) is 6.42 Å². The molecule has 0 rings (SSSR count). The monoisotopic (exact) mass is 566 g/mol. The standard InChI is InChI=1S/C26H46O11S/c1-2-3-4-5-6-7-8-9-10-11-12-13-14-15-16-17-20(18-21(24(29)30)25(31)32)37-26(33)22(19-23(27)28)38(34,35)36/h20-22H,2-19H2,1H3,(H,27,28)(H,29,30)(H,31,32)(H,34,35,36). The molecule has 4 N–H and O–H groups in total. The largest absolute Gasteiger partial charge is 0.481 e. The number of aliphatic carboxylic acids is 3. The molecule has 222 valence electrons. The fourth-order valence-corrected chi connectivity index (χ4v) is 4.90. The number of esters is 1. The van der Waals surface area contributed by atoms with Gasteiger partial charge < -0.3 is 20.1 Å². The number of hydrogen-bond donors (Lipinski definition) is 4. The van der Waals surface area contributed by atoms with Crippen LogP contribution in [0.1, 0.15) is 122 Å². The summed E-state index contributed by atoms with van der Waals surface area (Å²) in [5.41, 5.74) is 0. The second-order valence-electron chi connectivity index (χ2n) is 9.86. The van der Waals surface area contributed by atoms with Gasteiger partial charge in [-0.2, -0.15) is 8.42 Å². The Morgan fingerprint density at radius 3 is 1.42 bits per heavy atom. The minimum atomic E-state index is -5.10. The van der Waals surface area contributed by atoms with Gasteiger partial charge in [-0.05, 0) is 12.8 Å². The Morgan fingerprint density at radius 2 is 1.08 bits per heavy atom. The predicted octanol–water partition coefficient (Wildman–Crippen LogP) is 5.07. The molecular formula is C26H46O11S. The van der Waals surface area contributed by atoms with Crippen molar-refractivity contribution in [3.63, 3.8) is 0 Å². The molecule has 0 bridgehead atoms. The molecule has 0 aliphatic carbocycles. The molecule has 0 saturated carbocycles. The van der Waals surface area contributed by atoms with Crippen molar-refractivity contribution in [2.24, 2.45) is 5.92 Å². The molecule has 0 radical (unpaired) electrons. The fraction of sp³-hybridized carbons (Fsp3) is 0.846. The van der Waals surface area contributed by atoms with E-state index in [2.05, 4.69) is 6.92 Å². The van der Waals surface area contributed by atoms with Crippen molar-refractivity contribution in [2.45, 2.75) is 134 Å². The van der Waals surface area contributed by atoms with Crippen molar-refractivity contribution in [3.8, 4) is 0 Å². The van der Waals surface area contributed by atoms with E-state index >= 15 is 0 Å². The summed E-state index contributed by atoms with van der Waals surface area (Å²) in [6.07, 6.45) is 13.8. The van der Waals surface area contributed by atoms with E-state index in [0.717, 1.165) is 25.7 Å². The van der Waals surface area contributed by atoms with Gasteiger partial charge in [-0.1, -0.05) is 96.8 Å². The second kappa shape index (κ2) is 20.7. The zero-order valence-electron chi connectivity index (χ0n) is 22.5. The van der Waals surface area contributed by atoms with E-state index in [9.17, 15) is 32.1 Å². The van der Waals surface area contributed by atoms with Crippen LogP contribution < -0.4 is 0 Å². The molecule has 0 heterocycles. The topological polar surface area (TPSA) is 193 Å². The Morgan fingerprint density at radius 1 is 0.684 bits per heavy atom. The molecule has 0 spiro atoms. The minimum absolute atomic E-state index is 0.0757. The fourth-order valence-electron chi connectivity index (χ4n) is 4.25.